The Morgan fingerprint density at radius 1 is 1.28 bits per heavy atom. The molecular weight excluding hydrogens is 258 g/mol. The number of carboxylic acid groups (broad SMARTS) is 2. The van der Waals surface area contributed by atoms with Gasteiger partial charge in [-0.15, -0.1) is 0 Å². The molecule has 0 aliphatic carbocycles. The molecular formula is C12H10ClNO4. The zero-order chi connectivity index (χ0) is 13.4. The first-order valence-corrected chi connectivity index (χ1v) is 5.56. The Morgan fingerprint density at radius 2 is 1.94 bits per heavy atom. The predicted molar refractivity (Wildman–Crippen MR) is 66.3 cm³/mol. The van der Waals surface area contributed by atoms with Gasteiger partial charge in [0.2, 0.25) is 0 Å². The number of aliphatic carboxylic acids is 1. The van der Waals surface area contributed by atoms with E-state index in [0.717, 1.165) is 0 Å². The summed E-state index contributed by atoms with van der Waals surface area (Å²) in [5.41, 5.74) is 0.467. The van der Waals surface area contributed by atoms with Gasteiger partial charge in [0, 0.05) is 15.9 Å². The smallest absolute Gasteiger partial charge is 0.352 e. The van der Waals surface area contributed by atoms with Gasteiger partial charge < -0.3 is 14.8 Å². The van der Waals surface area contributed by atoms with Gasteiger partial charge in [0.15, 0.2) is 0 Å². The number of rotatable bonds is 3. The molecule has 2 N–H and O–H groups in total. The lowest BCUT2D eigenvalue weighted by atomic mass is 10.2. The van der Waals surface area contributed by atoms with Gasteiger partial charge >= 0.3 is 11.9 Å². The molecule has 0 saturated heterocycles. The summed E-state index contributed by atoms with van der Waals surface area (Å²) in [6, 6.07) is 5.27. The summed E-state index contributed by atoms with van der Waals surface area (Å²) in [5.74, 6) is -2.26. The van der Waals surface area contributed by atoms with Crippen molar-refractivity contribution in [1.82, 2.24) is 4.57 Å². The first kappa shape index (κ1) is 12.4. The highest BCUT2D eigenvalue weighted by Gasteiger charge is 2.22. The van der Waals surface area contributed by atoms with Gasteiger partial charge in [-0.3, -0.25) is 0 Å². The Labute approximate surface area is 107 Å². The van der Waals surface area contributed by atoms with Crippen molar-refractivity contribution in [1.29, 1.82) is 0 Å². The van der Waals surface area contributed by atoms with Crippen molar-refractivity contribution in [2.24, 2.45) is 0 Å². The molecule has 2 aromatic rings. The second-order valence-corrected chi connectivity index (χ2v) is 4.36. The molecule has 6 heteroatoms. The van der Waals surface area contributed by atoms with E-state index >= 15 is 0 Å². The Hall–Kier alpha value is -2.01. The number of hydrogen-bond donors (Lipinski definition) is 2. The van der Waals surface area contributed by atoms with E-state index in [0.29, 0.717) is 15.9 Å². The number of benzene rings is 1. The van der Waals surface area contributed by atoms with Gasteiger partial charge in [0.1, 0.15) is 11.7 Å². The van der Waals surface area contributed by atoms with E-state index in [1.807, 2.05) is 0 Å². The summed E-state index contributed by atoms with van der Waals surface area (Å²) < 4.78 is 1.27. The molecule has 1 aromatic carbocycles. The largest absolute Gasteiger partial charge is 0.480 e. The van der Waals surface area contributed by atoms with E-state index in [9.17, 15) is 9.59 Å². The maximum absolute atomic E-state index is 11.2. The molecule has 1 heterocycles. The van der Waals surface area contributed by atoms with Crippen molar-refractivity contribution in [3.63, 3.8) is 0 Å². The van der Waals surface area contributed by atoms with Crippen molar-refractivity contribution in [3.05, 3.63) is 35.0 Å². The van der Waals surface area contributed by atoms with Crippen molar-refractivity contribution < 1.29 is 19.8 Å². The number of aromatic nitrogens is 1. The number of carbonyl (C=O) groups is 2. The van der Waals surface area contributed by atoms with E-state index in [-0.39, 0.29) is 5.69 Å². The van der Waals surface area contributed by atoms with Crippen molar-refractivity contribution in [2.45, 2.75) is 13.0 Å². The molecule has 0 spiro atoms. The normalized spacial score (nSPS) is 12.6. The minimum atomic E-state index is -1.17. The number of nitrogens with zero attached hydrogens (tertiary/aromatic N) is 1. The zero-order valence-electron chi connectivity index (χ0n) is 9.42. The van der Waals surface area contributed by atoms with Crippen molar-refractivity contribution in [3.8, 4) is 0 Å². The molecule has 1 unspecified atom stereocenters. The van der Waals surface area contributed by atoms with Gasteiger partial charge in [0.25, 0.3) is 0 Å². The SMILES string of the molecule is CC(C(=O)O)n1c(C(=O)O)cc2cc(Cl)ccc21. The maximum atomic E-state index is 11.2. The predicted octanol–water partition coefficient (Wildman–Crippen LogP) is 2.64. The first-order chi connectivity index (χ1) is 8.41. The number of hydrogen-bond acceptors (Lipinski definition) is 2. The molecule has 1 atom stereocenters. The van der Waals surface area contributed by atoms with E-state index in [1.165, 1.54) is 17.6 Å². The molecule has 94 valence electrons. The fraction of sp³-hybridized carbons (Fsp3) is 0.167. The third kappa shape index (κ3) is 1.93. The van der Waals surface area contributed by atoms with Crippen LogP contribution in [-0.2, 0) is 4.79 Å². The van der Waals surface area contributed by atoms with Crippen LogP contribution in [0.2, 0.25) is 5.02 Å². The fourth-order valence-electron chi connectivity index (χ4n) is 1.90. The van der Waals surface area contributed by atoms with Gasteiger partial charge in [-0.1, -0.05) is 11.6 Å². The minimum Gasteiger partial charge on any atom is -0.480 e. The first-order valence-electron chi connectivity index (χ1n) is 5.18. The molecule has 1 aromatic heterocycles. The molecule has 18 heavy (non-hydrogen) atoms. The van der Waals surface area contributed by atoms with Crippen LogP contribution in [-0.4, -0.2) is 26.7 Å². The third-order valence-electron chi connectivity index (χ3n) is 2.76. The highest BCUT2D eigenvalue weighted by Crippen LogP contribution is 2.27. The van der Waals surface area contributed by atoms with Crippen molar-refractivity contribution in [2.75, 3.05) is 0 Å². The molecule has 0 bridgehead atoms. The third-order valence-corrected chi connectivity index (χ3v) is 3.00. The van der Waals surface area contributed by atoms with Crippen LogP contribution in [0.25, 0.3) is 10.9 Å². The monoisotopic (exact) mass is 267 g/mol. The van der Waals surface area contributed by atoms with E-state index in [4.69, 9.17) is 21.8 Å². The molecule has 0 saturated carbocycles. The molecule has 0 radical (unpaired) electrons. The summed E-state index contributed by atoms with van der Waals surface area (Å²) in [6.45, 7) is 1.43. The van der Waals surface area contributed by atoms with Crippen LogP contribution in [0.1, 0.15) is 23.5 Å². The quantitative estimate of drug-likeness (QED) is 0.896. The summed E-state index contributed by atoms with van der Waals surface area (Å²) in [6.07, 6.45) is 0. The van der Waals surface area contributed by atoms with Crippen LogP contribution < -0.4 is 0 Å². The number of fused-ring (bicyclic) bond motifs is 1. The van der Waals surface area contributed by atoms with Crippen LogP contribution >= 0.6 is 11.6 Å². The number of halogens is 1. The Kier molecular flexibility index (Phi) is 3.00. The second-order valence-electron chi connectivity index (χ2n) is 3.92. The van der Waals surface area contributed by atoms with Crippen LogP contribution in [0.5, 0.6) is 0 Å². The molecule has 5 nitrogen and oxygen atoms in total. The summed E-state index contributed by atoms with van der Waals surface area (Å²) >= 11 is 5.83. The minimum absolute atomic E-state index is 0.0674. The van der Waals surface area contributed by atoms with Gasteiger partial charge in [-0.05, 0) is 31.2 Å². The lowest BCUT2D eigenvalue weighted by Crippen LogP contribution is -2.19. The van der Waals surface area contributed by atoms with Gasteiger partial charge in [-0.2, -0.15) is 0 Å². The van der Waals surface area contributed by atoms with Crippen LogP contribution in [0.15, 0.2) is 24.3 Å². The Balaban J connectivity index is 2.78. The molecule has 0 amide bonds. The molecule has 0 fully saturated rings. The van der Waals surface area contributed by atoms with Gasteiger partial charge in [-0.25, -0.2) is 9.59 Å². The average molecular weight is 268 g/mol. The zero-order valence-corrected chi connectivity index (χ0v) is 10.2. The summed E-state index contributed by atoms with van der Waals surface area (Å²) in [4.78, 5) is 22.2. The standard InChI is InChI=1S/C12H10ClNO4/c1-6(11(15)16)14-9-3-2-8(13)4-7(9)5-10(14)12(17)18/h2-6H,1H3,(H,15,16)(H,17,18). The van der Waals surface area contributed by atoms with E-state index in [2.05, 4.69) is 0 Å². The lowest BCUT2D eigenvalue weighted by molar-refractivity contribution is -0.140. The van der Waals surface area contributed by atoms with Gasteiger partial charge in [0.05, 0.1) is 0 Å². The van der Waals surface area contributed by atoms with Crippen LogP contribution in [0, 0.1) is 0 Å². The maximum Gasteiger partial charge on any atom is 0.352 e. The molecule has 2 rings (SSSR count). The highest BCUT2D eigenvalue weighted by molar-refractivity contribution is 6.31. The fourth-order valence-corrected chi connectivity index (χ4v) is 2.08. The van der Waals surface area contributed by atoms with Crippen LogP contribution in [0.4, 0.5) is 0 Å². The van der Waals surface area contributed by atoms with Crippen LogP contribution in [0.3, 0.4) is 0 Å². The summed E-state index contributed by atoms with van der Waals surface area (Å²) in [5, 5.41) is 19.2. The highest BCUT2D eigenvalue weighted by atomic mass is 35.5. The van der Waals surface area contributed by atoms with Crippen molar-refractivity contribution >= 4 is 34.4 Å². The molecule has 0 aliphatic heterocycles. The number of carboxylic acids is 2. The topological polar surface area (TPSA) is 79.5 Å². The summed E-state index contributed by atoms with van der Waals surface area (Å²) in [7, 11) is 0. The van der Waals surface area contributed by atoms with E-state index in [1.54, 1.807) is 18.2 Å². The second kappa shape index (κ2) is 4.34. The molecule has 0 aliphatic rings. The average Bonchev–Trinajstić information content (AvgIpc) is 2.66. The lowest BCUT2D eigenvalue weighted by Gasteiger charge is -2.12. The van der Waals surface area contributed by atoms with E-state index < -0.39 is 18.0 Å². The number of aromatic carboxylic acids is 1. The Morgan fingerprint density at radius 3 is 2.50 bits per heavy atom. The Bertz CT molecular complexity index is 647.